The number of ether oxygens (including phenoxy) is 2. The summed E-state index contributed by atoms with van der Waals surface area (Å²) in [6, 6.07) is 6.65. The van der Waals surface area contributed by atoms with Gasteiger partial charge in [-0.25, -0.2) is 4.79 Å². The van der Waals surface area contributed by atoms with Crippen LogP contribution in [0, 0.1) is 0 Å². The highest BCUT2D eigenvalue weighted by Gasteiger charge is 2.10. The Morgan fingerprint density at radius 3 is 2.23 bits per heavy atom. The van der Waals surface area contributed by atoms with Gasteiger partial charge in [0.1, 0.15) is 5.75 Å². The van der Waals surface area contributed by atoms with Crippen LogP contribution in [0.5, 0.6) is 5.75 Å². The predicted molar refractivity (Wildman–Crippen MR) is 80.0 cm³/mol. The van der Waals surface area contributed by atoms with Crippen LogP contribution in [0.25, 0.3) is 0 Å². The maximum atomic E-state index is 11.9. The van der Waals surface area contributed by atoms with E-state index in [0.29, 0.717) is 11.3 Å². The zero-order chi connectivity index (χ0) is 16.1. The number of rotatable bonds is 5. The number of carbonyl (C=O) groups is 1. The molecule has 0 atom stereocenters. The molecule has 0 fully saturated rings. The zero-order valence-electron chi connectivity index (χ0n) is 12.3. The number of esters is 1. The maximum absolute atomic E-state index is 11.9. The highest BCUT2D eigenvalue weighted by Crippen LogP contribution is 2.14. The van der Waals surface area contributed by atoms with Crippen molar-refractivity contribution in [2.45, 2.75) is 26.6 Å². The van der Waals surface area contributed by atoms with Gasteiger partial charge in [-0.1, -0.05) is 0 Å². The molecular formula is C14H17N5O3. The van der Waals surface area contributed by atoms with E-state index in [2.05, 4.69) is 15.0 Å². The smallest absolute Gasteiger partial charge is 0.338 e. The summed E-state index contributed by atoms with van der Waals surface area (Å²) >= 11 is 0. The van der Waals surface area contributed by atoms with Crippen LogP contribution in [0.2, 0.25) is 0 Å². The Morgan fingerprint density at radius 1 is 1.09 bits per heavy atom. The fraction of sp³-hybridized carbons (Fsp3) is 0.286. The van der Waals surface area contributed by atoms with Gasteiger partial charge in [0.05, 0.1) is 11.7 Å². The van der Waals surface area contributed by atoms with E-state index in [4.69, 9.17) is 20.9 Å². The SMILES string of the molecule is CC(C)Oc1ccc(C(=O)OCc2nc(N)nc(N)n2)cc1. The molecule has 4 N–H and O–H groups in total. The number of nitrogen functional groups attached to an aromatic ring is 2. The van der Waals surface area contributed by atoms with Gasteiger partial charge in [0.15, 0.2) is 12.4 Å². The molecule has 0 bridgehead atoms. The molecule has 1 heterocycles. The third-order valence-corrected chi connectivity index (χ3v) is 2.51. The zero-order valence-corrected chi connectivity index (χ0v) is 12.3. The van der Waals surface area contributed by atoms with Crippen LogP contribution in [0.1, 0.15) is 30.0 Å². The first-order valence-electron chi connectivity index (χ1n) is 6.64. The minimum atomic E-state index is -0.506. The Kier molecular flexibility index (Phi) is 4.72. The number of anilines is 2. The van der Waals surface area contributed by atoms with E-state index in [9.17, 15) is 4.79 Å². The van der Waals surface area contributed by atoms with E-state index in [0.717, 1.165) is 0 Å². The van der Waals surface area contributed by atoms with E-state index in [1.165, 1.54) is 0 Å². The van der Waals surface area contributed by atoms with Crippen molar-refractivity contribution in [3.8, 4) is 5.75 Å². The molecule has 2 aromatic rings. The summed E-state index contributed by atoms with van der Waals surface area (Å²) in [5.41, 5.74) is 11.3. The Hall–Kier alpha value is -2.90. The molecule has 0 radical (unpaired) electrons. The molecule has 1 aromatic heterocycles. The largest absolute Gasteiger partial charge is 0.491 e. The van der Waals surface area contributed by atoms with Crippen LogP contribution < -0.4 is 16.2 Å². The van der Waals surface area contributed by atoms with Gasteiger partial charge in [-0.3, -0.25) is 0 Å². The molecule has 0 saturated carbocycles. The molecule has 0 aliphatic heterocycles. The van der Waals surface area contributed by atoms with Crippen molar-refractivity contribution < 1.29 is 14.3 Å². The summed E-state index contributed by atoms with van der Waals surface area (Å²) in [6.07, 6.45) is 0.0672. The third-order valence-electron chi connectivity index (χ3n) is 2.51. The molecule has 0 amide bonds. The van der Waals surface area contributed by atoms with Crippen molar-refractivity contribution in [1.82, 2.24) is 15.0 Å². The van der Waals surface area contributed by atoms with Gasteiger partial charge >= 0.3 is 5.97 Å². The molecular weight excluding hydrogens is 286 g/mol. The second-order valence-corrected chi connectivity index (χ2v) is 4.74. The quantitative estimate of drug-likeness (QED) is 0.788. The number of hydrogen-bond donors (Lipinski definition) is 2. The molecule has 2 rings (SSSR count). The van der Waals surface area contributed by atoms with Gasteiger partial charge in [0.2, 0.25) is 11.9 Å². The van der Waals surface area contributed by atoms with Crippen molar-refractivity contribution in [1.29, 1.82) is 0 Å². The lowest BCUT2D eigenvalue weighted by molar-refractivity contribution is 0.0462. The lowest BCUT2D eigenvalue weighted by Crippen LogP contribution is -2.11. The second kappa shape index (κ2) is 6.70. The Labute approximate surface area is 127 Å². The lowest BCUT2D eigenvalue weighted by Gasteiger charge is -2.10. The molecule has 22 heavy (non-hydrogen) atoms. The van der Waals surface area contributed by atoms with Gasteiger partial charge in [0, 0.05) is 0 Å². The van der Waals surface area contributed by atoms with E-state index in [1.807, 2.05) is 13.8 Å². The number of nitrogens with two attached hydrogens (primary N) is 2. The van der Waals surface area contributed by atoms with Crippen LogP contribution in [0.3, 0.4) is 0 Å². The summed E-state index contributed by atoms with van der Waals surface area (Å²) in [7, 11) is 0. The molecule has 0 saturated heterocycles. The average molecular weight is 303 g/mol. The predicted octanol–water partition coefficient (Wildman–Crippen LogP) is 1.18. The van der Waals surface area contributed by atoms with Crippen molar-refractivity contribution in [2.75, 3.05) is 11.5 Å². The van der Waals surface area contributed by atoms with Gasteiger partial charge in [-0.2, -0.15) is 15.0 Å². The minimum Gasteiger partial charge on any atom is -0.491 e. The highest BCUT2D eigenvalue weighted by atomic mass is 16.5. The number of carbonyl (C=O) groups excluding carboxylic acids is 1. The van der Waals surface area contributed by atoms with Crippen molar-refractivity contribution >= 4 is 17.9 Å². The first-order valence-corrected chi connectivity index (χ1v) is 6.64. The highest BCUT2D eigenvalue weighted by molar-refractivity contribution is 5.89. The Morgan fingerprint density at radius 2 is 1.68 bits per heavy atom. The summed E-state index contributed by atoms with van der Waals surface area (Å²) in [4.78, 5) is 23.2. The van der Waals surface area contributed by atoms with Gasteiger partial charge in [0.25, 0.3) is 0 Å². The summed E-state index contributed by atoms with van der Waals surface area (Å²) in [5, 5.41) is 0. The fourth-order valence-electron chi connectivity index (χ4n) is 1.68. The fourth-order valence-corrected chi connectivity index (χ4v) is 1.68. The second-order valence-electron chi connectivity index (χ2n) is 4.74. The van der Waals surface area contributed by atoms with Crippen LogP contribution >= 0.6 is 0 Å². The van der Waals surface area contributed by atoms with Gasteiger partial charge < -0.3 is 20.9 Å². The molecule has 0 spiro atoms. The third kappa shape index (κ3) is 4.30. The van der Waals surface area contributed by atoms with E-state index in [-0.39, 0.29) is 30.4 Å². The standard InChI is InChI=1S/C14H17N5O3/c1-8(2)22-10-5-3-9(4-6-10)12(20)21-7-11-17-13(15)19-14(16)18-11/h3-6,8H,7H2,1-2H3,(H4,15,16,17,18,19). The molecule has 0 aliphatic rings. The molecule has 0 unspecified atom stereocenters. The molecule has 8 heteroatoms. The number of benzene rings is 1. The topological polar surface area (TPSA) is 126 Å². The van der Waals surface area contributed by atoms with Crippen molar-refractivity contribution in [2.24, 2.45) is 0 Å². The summed E-state index contributed by atoms with van der Waals surface area (Å²) in [6.45, 7) is 3.71. The Balaban J connectivity index is 1.97. The van der Waals surface area contributed by atoms with E-state index < -0.39 is 5.97 Å². The molecule has 1 aromatic carbocycles. The van der Waals surface area contributed by atoms with Gasteiger partial charge in [-0.15, -0.1) is 0 Å². The molecule has 0 aliphatic carbocycles. The van der Waals surface area contributed by atoms with Crippen molar-refractivity contribution in [3.63, 3.8) is 0 Å². The van der Waals surface area contributed by atoms with Crippen LogP contribution in [-0.2, 0) is 11.3 Å². The van der Waals surface area contributed by atoms with Crippen LogP contribution in [0.15, 0.2) is 24.3 Å². The minimum absolute atomic E-state index is 0.0197. The van der Waals surface area contributed by atoms with Crippen molar-refractivity contribution in [3.05, 3.63) is 35.7 Å². The monoisotopic (exact) mass is 303 g/mol. The van der Waals surface area contributed by atoms with E-state index in [1.54, 1.807) is 24.3 Å². The van der Waals surface area contributed by atoms with Crippen LogP contribution in [0.4, 0.5) is 11.9 Å². The summed E-state index contributed by atoms with van der Waals surface area (Å²) in [5.74, 6) is 0.332. The number of nitrogens with zero attached hydrogens (tertiary/aromatic N) is 3. The number of hydrogen-bond acceptors (Lipinski definition) is 8. The van der Waals surface area contributed by atoms with E-state index >= 15 is 0 Å². The Bertz CT molecular complexity index is 638. The first-order chi connectivity index (χ1) is 10.4. The van der Waals surface area contributed by atoms with Crippen LogP contribution in [-0.4, -0.2) is 27.0 Å². The molecule has 8 nitrogen and oxygen atoms in total. The first kappa shape index (κ1) is 15.5. The summed E-state index contributed by atoms with van der Waals surface area (Å²) < 4.78 is 10.6. The average Bonchev–Trinajstić information content (AvgIpc) is 2.44. The molecule has 116 valence electrons. The normalized spacial score (nSPS) is 10.5. The number of aromatic nitrogens is 3. The van der Waals surface area contributed by atoms with Gasteiger partial charge in [-0.05, 0) is 38.1 Å². The maximum Gasteiger partial charge on any atom is 0.338 e. The lowest BCUT2D eigenvalue weighted by atomic mass is 10.2.